The quantitative estimate of drug-likeness (QED) is 0.620. The van der Waals surface area contributed by atoms with Crippen molar-refractivity contribution in [3.8, 4) is 0 Å². The minimum atomic E-state index is -1.75. The molecule has 0 N–H and O–H groups in total. The molecule has 3 heteroatoms. The first-order valence-corrected chi connectivity index (χ1v) is 7.87. The molecule has 0 aromatic rings. The zero-order valence-electron chi connectivity index (χ0n) is 13.4. The zero-order valence-corrected chi connectivity index (χ0v) is 14.4. The van der Waals surface area contributed by atoms with Gasteiger partial charge in [0.2, 0.25) is 0 Å². The normalized spacial score (nSPS) is 14.6. The fraction of sp³-hybridized carbons (Fsp3) is 1.00. The van der Waals surface area contributed by atoms with Crippen LogP contribution in [-0.2, 0) is 0 Å². The van der Waals surface area contributed by atoms with Gasteiger partial charge in [-0.15, -0.1) is 0 Å². The molecule has 0 fully saturated rings. The monoisotopic (exact) mass is 235 g/mol. The number of hydrogen-bond acceptors (Lipinski definition) is 0. The second kappa shape index (κ2) is 5.18. The Morgan fingerprint density at radius 3 is 0.812 bits per heavy atom. The predicted molar refractivity (Wildman–Crippen MR) is 74.2 cm³/mol. The molecule has 92 valence electrons. The molecule has 0 aromatic heterocycles. The first-order chi connectivity index (χ1) is 6.31. The summed E-state index contributed by atoms with van der Waals surface area (Å²) in [6.07, 6.45) is 0. The number of hydrogen-bond donors (Lipinski definition) is 0. The van der Waals surface area contributed by atoms with Crippen molar-refractivity contribution < 1.29 is 18.9 Å². The SMILES string of the molecule is C[N-][Si](C(C)(C)C)(C(C)(C)C)C(C)(C)C.[Li+]. The molecule has 0 bridgehead atoms. The molecule has 1 nitrogen and oxygen atoms in total. The summed E-state index contributed by atoms with van der Waals surface area (Å²) in [5.74, 6) is 0. The first-order valence-electron chi connectivity index (χ1n) is 5.92. The Morgan fingerprint density at radius 2 is 0.812 bits per heavy atom. The molecule has 0 radical (unpaired) electrons. The molecule has 16 heavy (non-hydrogen) atoms. The van der Waals surface area contributed by atoms with Gasteiger partial charge in [-0.25, -0.2) is 0 Å². The summed E-state index contributed by atoms with van der Waals surface area (Å²) in [6.45, 7) is 21.3. The van der Waals surface area contributed by atoms with Gasteiger partial charge in [0.05, 0.1) is 0 Å². The van der Waals surface area contributed by atoms with Gasteiger partial charge in [-0.3, -0.25) is 0 Å². The summed E-state index contributed by atoms with van der Waals surface area (Å²) in [5, 5.41) is 0.911. The average molecular weight is 235 g/mol. The minimum Gasteiger partial charge on any atom is -0.666 e. The van der Waals surface area contributed by atoms with E-state index in [0.29, 0.717) is 15.1 Å². The number of nitrogens with zero attached hydrogens (tertiary/aromatic N) is 1. The van der Waals surface area contributed by atoms with E-state index < -0.39 is 8.24 Å². The van der Waals surface area contributed by atoms with Crippen LogP contribution in [0.2, 0.25) is 15.1 Å². The van der Waals surface area contributed by atoms with Crippen LogP contribution < -0.4 is 18.9 Å². The molecular weight excluding hydrogens is 205 g/mol. The minimum absolute atomic E-state index is 0. The van der Waals surface area contributed by atoms with Crippen molar-refractivity contribution in [2.75, 3.05) is 7.05 Å². The third kappa shape index (κ3) is 2.96. The molecule has 0 atom stereocenters. The molecule has 0 aliphatic carbocycles. The van der Waals surface area contributed by atoms with Gasteiger partial charge in [-0.1, -0.05) is 77.4 Å². The fourth-order valence-electron chi connectivity index (χ4n) is 4.38. The Bertz CT molecular complexity index is 182. The Labute approximate surface area is 116 Å². The van der Waals surface area contributed by atoms with E-state index >= 15 is 0 Å². The molecule has 0 aliphatic heterocycles. The van der Waals surface area contributed by atoms with Crippen molar-refractivity contribution in [1.29, 1.82) is 0 Å². The predicted octanol–water partition coefficient (Wildman–Crippen LogP) is 2.34. The maximum Gasteiger partial charge on any atom is 1.00 e. The van der Waals surface area contributed by atoms with Gasteiger partial charge in [0.1, 0.15) is 0 Å². The van der Waals surface area contributed by atoms with Crippen molar-refractivity contribution in [3.05, 3.63) is 4.98 Å². The van der Waals surface area contributed by atoms with Gasteiger partial charge < -0.3 is 4.98 Å². The van der Waals surface area contributed by atoms with Gasteiger partial charge in [0.15, 0.2) is 0 Å². The van der Waals surface area contributed by atoms with Gasteiger partial charge in [0.25, 0.3) is 0 Å². The summed E-state index contributed by atoms with van der Waals surface area (Å²) in [5.41, 5.74) is 0. The van der Waals surface area contributed by atoms with Crippen LogP contribution in [0.25, 0.3) is 4.98 Å². The molecule has 0 heterocycles. The number of rotatable bonds is 1. The molecular formula is C13H30LiNSi. The van der Waals surface area contributed by atoms with Crippen molar-refractivity contribution in [2.45, 2.75) is 77.4 Å². The van der Waals surface area contributed by atoms with Crippen LogP contribution in [0.1, 0.15) is 62.3 Å². The first kappa shape index (κ1) is 19.1. The van der Waals surface area contributed by atoms with Crippen LogP contribution in [0.15, 0.2) is 0 Å². The fourth-order valence-corrected chi connectivity index (χ4v) is 13.1. The van der Waals surface area contributed by atoms with Gasteiger partial charge in [-0.05, 0) is 8.24 Å². The summed E-state index contributed by atoms with van der Waals surface area (Å²) in [7, 11) is 0.286. The van der Waals surface area contributed by atoms with Crippen LogP contribution in [0, 0.1) is 0 Å². The van der Waals surface area contributed by atoms with Crippen LogP contribution in [-0.4, -0.2) is 15.3 Å². The topological polar surface area (TPSA) is 14.1 Å². The maximum absolute atomic E-state index is 4.97. The van der Waals surface area contributed by atoms with Crippen molar-refractivity contribution in [1.82, 2.24) is 0 Å². The van der Waals surface area contributed by atoms with E-state index in [2.05, 4.69) is 62.3 Å². The molecule has 0 saturated heterocycles. The summed E-state index contributed by atoms with van der Waals surface area (Å²) >= 11 is 0. The van der Waals surface area contributed by atoms with Gasteiger partial charge in [-0.2, -0.15) is 7.05 Å². The molecule has 0 aromatic carbocycles. The maximum atomic E-state index is 4.97. The largest absolute Gasteiger partial charge is 1.00 e. The zero-order chi connectivity index (χ0) is 12.7. The van der Waals surface area contributed by atoms with Crippen LogP contribution in [0.3, 0.4) is 0 Å². The van der Waals surface area contributed by atoms with Crippen LogP contribution in [0.5, 0.6) is 0 Å². The Hall–Kier alpha value is 0.774. The van der Waals surface area contributed by atoms with Crippen molar-refractivity contribution in [3.63, 3.8) is 0 Å². The smallest absolute Gasteiger partial charge is 0.666 e. The molecule has 0 rings (SSSR count). The van der Waals surface area contributed by atoms with E-state index in [1.807, 2.05) is 7.05 Å². The Balaban J connectivity index is 0. The average Bonchev–Trinajstić information content (AvgIpc) is 1.76. The van der Waals surface area contributed by atoms with Gasteiger partial charge in [0, 0.05) is 0 Å². The van der Waals surface area contributed by atoms with E-state index in [9.17, 15) is 0 Å². The van der Waals surface area contributed by atoms with Crippen molar-refractivity contribution >= 4 is 8.24 Å². The van der Waals surface area contributed by atoms with E-state index in [1.54, 1.807) is 0 Å². The van der Waals surface area contributed by atoms with Crippen LogP contribution in [0.4, 0.5) is 0 Å². The standard InChI is InChI=1S/C13H30NSi.Li/c1-11(2,3)15(14-10,12(4,5)6)13(7,8)9;/h1-10H3;/q-1;+1. The second-order valence-electron chi connectivity index (χ2n) is 7.68. The van der Waals surface area contributed by atoms with E-state index in [4.69, 9.17) is 4.98 Å². The van der Waals surface area contributed by atoms with E-state index in [1.165, 1.54) is 0 Å². The van der Waals surface area contributed by atoms with E-state index in [0.717, 1.165) is 0 Å². The summed E-state index contributed by atoms with van der Waals surface area (Å²) < 4.78 is 0. The summed E-state index contributed by atoms with van der Waals surface area (Å²) in [6, 6.07) is 0. The Morgan fingerprint density at radius 1 is 0.625 bits per heavy atom. The van der Waals surface area contributed by atoms with Crippen LogP contribution >= 0.6 is 0 Å². The molecule has 0 amide bonds. The molecule has 0 unspecified atom stereocenters. The van der Waals surface area contributed by atoms with Crippen molar-refractivity contribution in [2.24, 2.45) is 0 Å². The van der Waals surface area contributed by atoms with E-state index in [-0.39, 0.29) is 18.9 Å². The second-order valence-corrected chi connectivity index (χ2v) is 14.1. The molecule has 0 spiro atoms. The molecule has 0 aliphatic rings. The van der Waals surface area contributed by atoms with Gasteiger partial charge >= 0.3 is 18.9 Å². The third-order valence-corrected chi connectivity index (χ3v) is 10.8. The summed E-state index contributed by atoms with van der Waals surface area (Å²) in [4.78, 5) is 4.97. The molecule has 0 saturated carbocycles. The third-order valence-electron chi connectivity index (χ3n) is 3.59. The Kier molecular flexibility index (Phi) is 6.19.